The van der Waals surface area contributed by atoms with Crippen LogP contribution < -0.4 is 0 Å². The van der Waals surface area contributed by atoms with Crippen LogP contribution in [0.3, 0.4) is 0 Å². The van der Waals surface area contributed by atoms with E-state index in [0.29, 0.717) is 5.92 Å². The van der Waals surface area contributed by atoms with Crippen molar-refractivity contribution in [3.8, 4) is 11.8 Å². The summed E-state index contributed by atoms with van der Waals surface area (Å²) in [5.74, 6) is 10.5. The fourth-order valence-corrected chi connectivity index (χ4v) is 5.35. The van der Waals surface area contributed by atoms with Gasteiger partial charge in [-0.3, -0.25) is 0 Å². The van der Waals surface area contributed by atoms with E-state index in [1.807, 2.05) is 0 Å². The topological polar surface area (TPSA) is 0 Å². The lowest BCUT2D eigenvalue weighted by atomic mass is 9.69. The molecule has 0 unspecified atom stereocenters. The van der Waals surface area contributed by atoms with Crippen LogP contribution >= 0.6 is 11.6 Å². The molecule has 2 aliphatic rings. The average molecular weight is 385 g/mol. The third kappa shape index (κ3) is 6.29. The second-order valence-corrected chi connectivity index (χ2v) is 9.57. The SMILES string of the molecule is CCCCCc1ccc(C#C[C@H]2CC[C@H]([C@H]3CC[C@H](C)CC3)CC2)cc1Cl. The average Bonchev–Trinajstić information content (AvgIpc) is 2.69. The Morgan fingerprint density at radius 3 is 2.22 bits per heavy atom. The van der Waals surface area contributed by atoms with Crippen molar-refractivity contribution in [2.75, 3.05) is 0 Å². The number of rotatable bonds is 5. The first-order chi connectivity index (χ1) is 13.2. The molecule has 2 fully saturated rings. The summed E-state index contributed by atoms with van der Waals surface area (Å²) in [7, 11) is 0. The highest BCUT2D eigenvalue weighted by Crippen LogP contribution is 2.41. The van der Waals surface area contributed by atoms with Crippen LogP contribution in [-0.2, 0) is 6.42 Å². The van der Waals surface area contributed by atoms with Gasteiger partial charge in [-0.2, -0.15) is 0 Å². The van der Waals surface area contributed by atoms with Gasteiger partial charge in [0.1, 0.15) is 0 Å². The van der Waals surface area contributed by atoms with Crippen LogP contribution in [0.2, 0.25) is 5.02 Å². The van der Waals surface area contributed by atoms with Crippen molar-refractivity contribution < 1.29 is 0 Å². The van der Waals surface area contributed by atoms with E-state index in [1.165, 1.54) is 76.2 Å². The molecule has 1 aromatic carbocycles. The van der Waals surface area contributed by atoms with Gasteiger partial charge in [-0.15, -0.1) is 0 Å². The van der Waals surface area contributed by atoms with E-state index >= 15 is 0 Å². The zero-order valence-electron chi connectivity index (χ0n) is 17.4. The summed E-state index contributed by atoms with van der Waals surface area (Å²) >= 11 is 6.48. The van der Waals surface area contributed by atoms with Gasteiger partial charge in [-0.1, -0.05) is 69.0 Å². The quantitative estimate of drug-likeness (QED) is 0.355. The predicted octanol–water partition coefficient (Wildman–Crippen LogP) is 8.06. The Morgan fingerprint density at radius 2 is 1.59 bits per heavy atom. The van der Waals surface area contributed by atoms with Crippen molar-refractivity contribution in [1.29, 1.82) is 0 Å². The summed E-state index contributed by atoms with van der Waals surface area (Å²) in [4.78, 5) is 0. The fraction of sp³-hybridized carbons (Fsp3) is 0.692. The minimum atomic E-state index is 0.590. The molecule has 148 valence electrons. The molecule has 27 heavy (non-hydrogen) atoms. The molecule has 0 heterocycles. The van der Waals surface area contributed by atoms with Crippen LogP contribution in [0.5, 0.6) is 0 Å². The van der Waals surface area contributed by atoms with Crippen LogP contribution in [0.15, 0.2) is 18.2 Å². The van der Waals surface area contributed by atoms with E-state index in [1.54, 1.807) is 0 Å². The third-order valence-corrected chi connectivity index (χ3v) is 7.37. The van der Waals surface area contributed by atoms with Crippen molar-refractivity contribution in [3.63, 3.8) is 0 Å². The summed E-state index contributed by atoms with van der Waals surface area (Å²) in [5.41, 5.74) is 2.36. The number of benzene rings is 1. The van der Waals surface area contributed by atoms with Gasteiger partial charge in [0.25, 0.3) is 0 Å². The largest absolute Gasteiger partial charge is 0.0945 e. The summed E-state index contributed by atoms with van der Waals surface area (Å²) in [5, 5.41) is 0.896. The fourth-order valence-electron chi connectivity index (χ4n) is 5.07. The highest BCUT2D eigenvalue weighted by atomic mass is 35.5. The number of halogens is 1. The van der Waals surface area contributed by atoms with Crippen LogP contribution in [0.25, 0.3) is 0 Å². The lowest BCUT2D eigenvalue weighted by molar-refractivity contribution is 0.162. The van der Waals surface area contributed by atoms with Crippen molar-refractivity contribution in [2.24, 2.45) is 23.7 Å². The highest BCUT2D eigenvalue weighted by Gasteiger charge is 2.29. The second-order valence-electron chi connectivity index (χ2n) is 9.16. The summed E-state index contributed by atoms with van der Waals surface area (Å²) in [6.07, 6.45) is 16.1. The maximum absolute atomic E-state index is 6.48. The normalized spacial score (nSPS) is 28.4. The first-order valence-corrected chi connectivity index (χ1v) is 11.8. The van der Waals surface area contributed by atoms with Crippen molar-refractivity contribution >= 4 is 11.6 Å². The first-order valence-electron chi connectivity index (χ1n) is 11.5. The molecule has 0 spiro atoms. The van der Waals surface area contributed by atoms with E-state index in [-0.39, 0.29) is 0 Å². The van der Waals surface area contributed by atoms with Gasteiger partial charge in [0.2, 0.25) is 0 Å². The van der Waals surface area contributed by atoms with Gasteiger partial charge in [-0.25, -0.2) is 0 Å². The Hall–Kier alpha value is -0.930. The van der Waals surface area contributed by atoms with Crippen LogP contribution in [0, 0.1) is 35.5 Å². The number of hydrogen-bond donors (Lipinski definition) is 0. The Balaban J connectivity index is 1.48. The zero-order valence-corrected chi connectivity index (χ0v) is 18.2. The monoisotopic (exact) mass is 384 g/mol. The Morgan fingerprint density at radius 1 is 0.926 bits per heavy atom. The molecule has 3 rings (SSSR count). The molecule has 2 aliphatic carbocycles. The third-order valence-electron chi connectivity index (χ3n) is 7.02. The second kappa shape index (κ2) is 10.6. The van der Waals surface area contributed by atoms with E-state index in [4.69, 9.17) is 11.6 Å². The van der Waals surface area contributed by atoms with Gasteiger partial charge in [0.15, 0.2) is 0 Å². The molecule has 0 nitrogen and oxygen atoms in total. The molecule has 0 saturated heterocycles. The molecule has 0 bridgehead atoms. The van der Waals surface area contributed by atoms with Crippen molar-refractivity contribution in [3.05, 3.63) is 34.3 Å². The van der Waals surface area contributed by atoms with Gasteiger partial charge in [0.05, 0.1) is 0 Å². The number of hydrogen-bond acceptors (Lipinski definition) is 0. The molecule has 0 aromatic heterocycles. The summed E-state index contributed by atoms with van der Waals surface area (Å²) < 4.78 is 0. The van der Waals surface area contributed by atoms with Crippen molar-refractivity contribution in [2.45, 2.75) is 90.9 Å². The van der Waals surface area contributed by atoms with E-state index < -0.39 is 0 Å². The summed E-state index contributed by atoms with van der Waals surface area (Å²) in [6.45, 7) is 4.66. The molecule has 0 amide bonds. The van der Waals surface area contributed by atoms with E-state index in [0.717, 1.165) is 34.8 Å². The van der Waals surface area contributed by atoms with E-state index in [9.17, 15) is 0 Å². The zero-order chi connectivity index (χ0) is 19.1. The molecule has 1 aromatic rings. The molecule has 0 radical (unpaired) electrons. The Labute approximate surface area is 172 Å². The predicted molar refractivity (Wildman–Crippen MR) is 118 cm³/mol. The molecule has 2 saturated carbocycles. The lowest BCUT2D eigenvalue weighted by Gasteiger charge is -2.36. The lowest BCUT2D eigenvalue weighted by Crippen LogP contribution is -2.24. The number of aryl methyl sites for hydroxylation is 1. The van der Waals surface area contributed by atoms with Gasteiger partial charge in [-0.05, 0) is 86.8 Å². The van der Waals surface area contributed by atoms with Gasteiger partial charge < -0.3 is 0 Å². The smallest absolute Gasteiger partial charge is 0.0450 e. The highest BCUT2D eigenvalue weighted by molar-refractivity contribution is 6.31. The van der Waals surface area contributed by atoms with E-state index in [2.05, 4.69) is 43.9 Å². The van der Waals surface area contributed by atoms with Crippen molar-refractivity contribution in [1.82, 2.24) is 0 Å². The summed E-state index contributed by atoms with van der Waals surface area (Å²) in [6, 6.07) is 6.42. The molecule has 0 N–H and O–H groups in total. The maximum atomic E-state index is 6.48. The molecule has 0 aliphatic heterocycles. The van der Waals surface area contributed by atoms with Crippen LogP contribution in [0.4, 0.5) is 0 Å². The van der Waals surface area contributed by atoms with Gasteiger partial charge in [0, 0.05) is 16.5 Å². The minimum Gasteiger partial charge on any atom is -0.0945 e. The maximum Gasteiger partial charge on any atom is 0.0450 e. The molecular formula is C26H37Cl. The standard InChI is InChI=1S/C26H37Cl/c1-3-4-5-6-25-18-13-22(19-26(25)27)10-9-21-11-16-24(17-12-21)23-14-7-20(2)8-15-23/h13,18-21,23-24H,3-8,11-12,14-17H2,1-2H3/t20-,21-,23-,24-. The Bertz CT molecular complexity index is 634. The first kappa shape index (κ1) is 20.8. The van der Waals surface area contributed by atoms with Gasteiger partial charge >= 0.3 is 0 Å². The molecular weight excluding hydrogens is 348 g/mol. The Kier molecular flexibility index (Phi) is 8.14. The van der Waals surface area contributed by atoms with Crippen LogP contribution in [-0.4, -0.2) is 0 Å². The number of unbranched alkanes of at least 4 members (excludes halogenated alkanes) is 2. The van der Waals surface area contributed by atoms with Crippen LogP contribution in [0.1, 0.15) is 95.6 Å². The minimum absolute atomic E-state index is 0.590. The molecule has 1 heteroatoms. The molecule has 0 atom stereocenters.